The Hall–Kier alpha value is -0.640. The summed E-state index contributed by atoms with van der Waals surface area (Å²) >= 11 is 5.43. The van der Waals surface area contributed by atoms with Gasteiger partial charge in [0.15, 0.2) is 0 Å². The van der Waals surface area contributed by atoms with Gasteiger partial charge in [-0.1, -0.05) is 40.2 Å². The highest BCUT2D eigenvalue weighted by atomic mass is 79.9. The molecule has 2 aromatic rings. The van der Waals surface area contributed by atoms with Gasteiger partial charge in [0.1, 0.15) is 0 Å². The van der Waals surface area contributed by atoms with Gasteiger partial charge in [0.2, 0.25) is 0 Å². The van der Waals surface area contributed by atoms with E-state index in [-0.39, 0.29) is 0 Å². The van der Waals surface area contributed by atoms with Gasteiger partial charge < -0.3 is 4.90 Å². The zero-order valence-electron chi connectivity index (χ0n) is 9.90. The quantitative estimate of drug-likeness (QED) is 0.800. The Morgan fingerprint density at radius 1 is 1.18 bits per heavy atom. The molecule has 0 radical (unpaired) electrons. The zero-order valence-corrected chi connectivity index (χ0v) is 12.3. The maximum atomic E-state index is 3.59. The third kappa shape index (κ3) is 3.95. The molecule has 0 saturated carbocycles. The number of thiophene rings is 1. The van der Waals surface area contributed by atoms with Crippen LogP contribution in [0.15, 0.2) is 46.3 Å². The van der Waals surface area contributed by atoms with Crippen molar-refractivity contribution in [3.63, 3.8) is 0 Å². The van der Waals surface area contributed by atoms with Gasteiger partial charge in [0.25, 0.3) is 0 Å². The van der Waals surface area contributed by atoms with Crippen LogP contribution in [0.25, 0.3) is 0 Å². The summed E-state index contributed by atoms with van der Waals surface area (Å²) in [4.78, 5) is 3.82. The van der Waals surface area contributed by atoms with E-state index in [1.165, 1.54) is 14.9 Å². The van der Waals surface area contributed by atoms with Gasteiger partial charge >= 0.3 is 0 Å². The number of likely N-dealkylation sites (N-methyl/N-ethyl adjacent to an activating group) is 1. The molecular weight excluding hydrogens is 294 g/mol. The monoisotopic (exact) mass is 309 g/mol. The smallest absolute Gasteiger partial charge is 0.0242 e. The van der Waals surface area contributed by atoms with E-state index in [4.69, 9.17) is 0 Å². The van der Waals surface area contributed by atoms with Crippen LogP contribution >= 0.6 is 27.3 Å². The van der Waals surface area contributed by atoms with E-state index in [0.29, 0.717) is 0 Å². The molecule has 90 valence electrons. The van der Waals surface area contributed by atoms with Crippen molar-refractivity contribution in [3.8, 4) is 0 Å². The Bertz CT molecular complexity index is 453. The molecular formula is C14H16BrNS. The molecule has 0 fully saturated rings. The lowest BCUT2D eigenvalue weighted by Gasteiger charge is -2.17. The molecule has 0 aliphatic rings. The van der Waals surface area contributed by atoms with Crippen molar-refractivity contribution in [1.29, 1.82) is 0 Å². The molecule has 0 atom stereocenters. The maximum absolute atomic E-state index is 3.59. The van der Waals surface area contributed by atoms with Gasteiger partial charge in [-0.05, 0) is 36.5 Å². The van der Waals surface area contributed by atoms with E-state index in [9.17, 15) is 0 Å². The van der Waals surface area contributed by atoms with Crippen LogP contribution in [0.5, 0.6) is 0 Å². The summed E-state index contributed by atoms with van der Waals surface area (Å²) in [6.45, 7) is 2.09. The molecule has 2 rings (SSSR count). The lowest BCUT2D eigenvalue weighted by Crippen LogP contribution is -2.20. The lowest BCUT2D eigenvalue weighted by atomic mass is 10.2. The first-order valence-corrected chi connectivity index (χ1v) is 7.37. The van der Waals surface area contributed by atoms with E-state index in [2.05, 4.69) is 69.7 Å². The summed E-state index contributed by atoms with van der Waals surface area (Å²) in [5.74, 6) is 0. The molecule has 17 heavy (non-hydrogen) atoms. The molecule has 0 unspecified atom stereocenters. The first-order chi connectivity index (χ1) is 8.25. The van der Waals surface area contributed by atoms with Crippen LogP contribution in [0.4, 0.5) is 0 Å². The van der Waals surface area contributed by atoms with E-state index in [1.54, 1.807) is 0 Å². The fraction of sp³-hybridized carbons (Fsp3) is 0.286. The molecule has 1 heterocycles. The molecule has 3 heteroatoms. The molecule has 1 aromatic heterocycles. The number of halogens is 1. The first-order valence-electron chi connectivity index (χ1n) is 5.70. The second-order valence-electron chi connectivity index (χ2n) is 4.16. The topological polar surface area (TPSA) is 3.24 Å². The van der Waals surface area contributed by atoms with Crippen molar-refractivity contribution in [3.05, 3.63) is 56.7 Å². The number of rotatable bonds is 5. The van der Waals surface area contributed by atoms with E-state index >= 15 is 0 Å². The number of hydrogen-bond acceptors (Lipinski definition) is 2. The van der Waals surface area contributed by atoms with Crippen LogP contribution in [0.3, 0.4) is 0 Å². The highest BCUT2D eigenvalue weighted by Crippen LogP contribution is 2.17. The van der Waals surface area contributed by atoms with E-state index in [1.807, 2.05) is 11.3 Å². The van der Waals surface area contributed by atoms with Crippen molar-refractivity contribution in [2.45, 2.75) is 13.0 Å². The Balaban J connectivity index is 1.85. The number of nitrogens with zero attached hydrogens (tertiary/aromatic N) is 1. The van der Waals surface area contributed by atoms with Gasteiger partial charge in [-0.2, -0.15) is 0 Å². The molecule has 0 spiro atoms. The normalized spacial score (nSPS) is 11.0. The van der Waals surface area contributed by atoms with E-state index in [0.717, 1.165) is 19.5 Å². The van der Waals surface area contributed by atoms with E-state index < -0.39 is 0 Å². The summed E-state index contributed by atoms with van der Waals surface area (Å²) < 4.78 is 1.20. The minimum atomic E-state index is 0.993. The van der Waals surface area contributed by atoms with Gasteiger partial charge in [-0.15, -0.1) is 11.3 Å². The fourth-order valence-electron chi connectivity index (χ4n) is 1.75. The summed E-state index contributed by atoms with van der Waals surface area (Å²) in [5.41, 5.74) is 1.35. The zero-order chi connectivity index (χ0) is 12.1. The van der Waals surface area contributed by atoms with Crippen molar-refractivity contribution >= 4 is 27.3 Å². The second kappa shape index (κ2) is 6.34. The van der Waals surface area contributed by atoms with Crippen LogP contribution in [0, 0.1) is 0 Å². The number of hydrogen-bond donors (Lipinski definition) is 0. The van der Waals surface area contributed by atoms with Crippen LogP contribution in [-0.4, -0.2) is 18.5 Å². The molecule has 0 N–H and O–H groups in total. The predicted octanol–water partition coefficient (Wildman–Crippen LogP) is 4.19. The minimum absolute atomic E-state index is 0.993. The summed E-state index contributed by atoms with van der Waals surface area (Å²) in [6.07, 6.45) is 1.14. The summed E-state index contributed by atoms with van der Waals surface area (Å²) in [7, 11) is 2.17. The Kier molecular flexibility index (Phi) is 4.77. The molecule has 1 aromatic carbocycles. The molecule has 0 saturated heterocycles. The van der Waals surface area contributed by atoms with Gasteiger partial charge in [0, 0.05) is 22.4 Å². The lowest BCUT2D eigenvalue weighted by molar-refractivity contribution is 0.331. The highest BCUT2D eigenvalue weighted by molar-refractivity contribution is 9.10. The average Bonchev–Trinajstić information content (AvgIpc) is 2.82. The Morgan fingerprint density at radius 3 is 2.71 bits per heavy atom. The molecule has 1 nitrogen and oxygen atoms in total. The van der Waals surface area contributed by atoms with Crippen molar-refractivity contribution in [1.82, 2.24) is 4.90 Å². The van der Waals surface area contributed by atoms with Crippen molar-refractivity contribution in [2.24, 2.45) is 0 Å². The van der Waals surface area contributed by atoms with Gasteiger partial charge in [0.05, 0.1) is 0 Å². The van der Waals surface area contributed by atoms with Gasteiger partial charge in [-0.3, -0.25) is 0 Å². The average molecular weight is 310 g/mol. The van der Waals surface area contributed by atoms with Gasteiger partial charge in [-0.25, -0.2) is 0 Å². The number of benzene rings is 1. The molecule has 0 aliphatic carbocycles. The molecule has 0 aliphatic heterocycles. The van der Waals surface area contributed by atoms with Crippen molar-refractivity contribution in [2.75, 3.05) is 13.6 Å². The van der Waals surface area contributed by atoms with Crippen LogP contribution in [-0.2, 0) is 13.0 Å². The van der Waals surface area contributed by atoms with Crippen LogP contribution in [0.1, 0.15) is 10.4 Å². The molecule has 0 bridgehead atoms. The fourth-order valence-corrected chi connectivity index (χ4v) is 2.86. The van der Waals surface area contributed by atoms with Crippen LogP contribution < -0.4 is 0 Å². The standard InChI is InChI=1S/C14H16BrNS/c1-16(9-8-13-6-4-10-17-13)11-12-5-2-3-7-14(12)15/h2-7,10H,8-9,11H2,1H3. The second-order valence-corrected chi connectivity index (χ2v) is 6.05. The van der Waals surface area contributed by atoms with Crippen molar-refractivity contribution < 1.29 is 0 Å². The third-order valence-electron chi connectivity index (χ3n) is 2.72. The van der Waals surface area contributed by atoms with Crippen LogP contribution in [0.2, 0.25) is 0 Å². The Labute approximate surface area is 115 Å². The maximum Gasteiger partial charge on any atom is 0.0242 e. The third-order valence-corrected chi connectivity index (χ3v) is 4.43. The Morgan fingerprint density at radius 2 is 2.00 bits per heavy atom. The summed E-state index contributed by atoms with van der Waals surface area (Å²) in [6, 6.07) is 12.7. The first kappa shape index (κ1) is 12.8. The SMILES string of the molecule is CN(CCc1cccs1)Cc1ccccc1Br. The summed E-state index contributed by atoms with van der Waals surface area (Å²) in [5, 5.41) is 2.14. The highest BCUT2D eigenvalue weighted by Gasteiger charge is 2.04. The largest absolute Gasteiger partial charge is 0.302 e. The minimum Gasteiger partial charge on any atom is -0.302 e. The molecule has 0 amide bonds. The predicted molar refractivity (Wildman–Crippen MR) is 78.5 cm³/mol.